The zero-order chi connectivity index (χ0) is 18.2. The van der Waals surface area contributed by atoms with Crippen LogP contribution in [0.4, 0.5) is 0 Å². The first-order valence-electron chi connectivity index (χ1n) is 8.41. The molecule has 0 fully saturated rings. The number of benzene rings is 1. The van der Waals surface area contributed by atoms with E-state index in [1.807, 2.05) is 19.1 Å². The fourth-order valence-electron chi connectivity index (χ4n) is 2.47. The highest BCUT2D eigenvalue weighted by atomic mass is 35.5. The molecule has 7 heteroatoms. The molecule has 1 aromatic carbocycles. The number of nitrogens with zero attached hydrogens (tertiary/aromatic N) is 2. The van der Waals surface area contributed by atoms with Gasteiger partial charge in [-0.25, -0.2) is 4.98 Å². The third-order valence-electron chi connectivity index (χ3n) is 3.93. The average Bonchev–Trinajstić information content (AvgIpc) is 3.10. The molecule has 0 spiro atoms. The number of aliphatic hydroxyl groups excluding tert-OH is 1. The Bertz CT molecular complexity index is 649. The molecule has 0 aliphatic rings. The Balaban J connectivity index is 2.18. The van der Waals surface area contributed by atoms with E-state index in [0.717, 1.165) is 17.8 Å². The summed E-state index contributed by atoms with van der Waals surface area (Å²) in [6.07, 6.45) is 4.44. The number of aromatic amines is 1. The van der Waals surface area contributed by atoms with Crippen LogP contribution in [0.25, 0.3) is 0 Å². The fraction of sp³-hybridized carbons (Fsp3) is 0.500. The summed E-state index contributed by atoms with van der Waals surface area (Å²) in [6.45, 7) is 5.88. The lowest BCUT2D eigenvalue weighted by molar-refractivity contribution is 0.181. The van der Waals surface area contributed by atoms with E-state index in [0.29, 0.717) is 36.2 Å². The maximum atomic E-state index is 9.33. The van der Waals surface area contributed by atoms with Crippen molar-refractivity contribution in [2.75, 3.05) is 20.3 Å². The number of aliphatic hydroxyl groups is 1. The highest BCUT2D eigenvalue weighted by Gasteiger charge is 2.16. The number of rotatable bonds is 10. The number of hydrogen-bond acceptors (Lipinski definition) is 5. The third kappa shape index (κ3) is 5.63. The first kappa shape index (κ1) is 19.6. The summed E-state index contributed by atoms with van der Waals surface area (Å²) < 4.78 is 11.3. The Labute approximate surface area is 153 Å². The number of halogens is 1. The quantitative estimate of drug-likeness (QED) is 0.674. The van der Waals surface area contributed by atoms with Gasteiger partial charge in [0.15, 0.2) is 11.5 Å². The van der Waals surface area contributed by atoms with Crippen LogP contribution >= 0.6 is 11.6 Å². The van der Waals surface area contributed by atoms with E-state index in [9.17, 15) is 5.11 Å². The van der Waals surface area contributed by atoms with Gasteiger partial charge in [-0.15, -0.1) is 0 Å². The summed E-state index contributed by atoms with van der Waals surface area (Å²) in [5, 5.41) is 9.85. The third-order valence-corrected chi connectivity index (χ3v) is 4.21. The number of hydrogen-bond donors (Lipinski definition) is 2. The molecule has 0 saturated heterocycles. The summed E-state index contributed by atoms with van der Waals surface area (Å²) >= 11 is 6.43. The molecule has 2 rings (SSSR count). The van der Waals surface area contributed by atoms with Crippen molar-refractivity contribution >= 4 is 11.6 Å². The van der Waals surface area contributed by atoms with Crippen molar-refractivity contribution in [3.8, 4) is 11.5 Å². The van der Waals surface area contributed by atoms with Crippen LogP contribution in [0.15, 0.2) is 24.5 Å². The fourth-order valence-corrected chi connectivity index (χ4v) is 2.75. The van der Waals surface area contributed by atoms with Crippen LogP contribution in [0.2, 0.25) is 5.02 Å². The highest BCUT2D eigenvalue weighted by molar-refractivity contribution is 6.32. The van der Waals surface area contributed by atoms with Gasteiger partial charge in [0.2, 0.25) is 0 Å². The minimum Gasteiger partial charge on any atom is -0.493 e. The zero-order valence-electron chi connectivity index (χ0n) is 15.0. The minimum absolute atomic E-state index is 0.0575. The number of methoxy groups -OCH3 is 1. The normalized spacial score (nSPS) is 12.4. The standard InChI is InChI=1S/C18H26ClN3O3/c1-4-13(2)25-18-15(19)9-14(10-16(18)24-3)11-22(7-8-23)12-17-20-5-6-21-17/h5-6,9-10,13,23H,4,7-8,11-12H2,1-3H3,(H,20,21). The molecule has 2 N–H and O–H groups in total. The number of aromatic nitrogens is 2. The molecule has 1 unspecified atom stereocenters. The van der Waals surface area contributed by atoms with Crippen LogP contribution in [-0.2, 0) is 13.1 Å². The van der Waals surface area contributed by atoms with E-state index in [2.05, 4.69) is 21.8 Å². The van der Waals surface area contributed by atoms with Gasteiger partial charge >= 0.3 is 0 Å². The zero-order valence-corrected chi connectivity index (χ0v) is 15.7. The molecule has 1 aromatic heterocycles. The van der Waals surface area contributed by atoms with Crippen LogP contribution in [0.5, 0.6) is 11.5 Å². The van der Waals surface area contributed by atoms with Gasteiger partial charge < -0.3 is 19.6 Å². The van der Waals surface area contributed by atoms with Crippen LogP contribution in [0.3, 0.4) is 0 Å². The molecule has 0 aliphatic carbocycles. The topological polar surface area (TPSA) is 70.6 Å². The molecule has 1 heterocycles. The second kappa shape index (κ2) is 9.65. The summed E-state index contributed by atoms with van der Waals surface area (Å²) in [7, 11) is 1.60. The van der Waals surface area contributed by atoms with E-state index in [1.165, 1.54) is 0 Å². The van der Waals surface area contributed by atoms with Crippen molar-refractivity contribution in [1.82, 2.24) is 14.9 Å². The van der Waals surface area contributed by atoms with E-state index in [-0.39, 0.29) is 12.7 Å². The molecule has 0 radical (unpaired) electrons. The second-order valence-electron chi connectivity index (χ2n) is 5.92. The van der Waals surface area contributed by atoms with E-state index in [1.54, 1.807) is 19.5 Å². The Kier molecular flexibility index (Phi) is 7.55. The summed E-state index contributed by atoms with van der Waals surface area (Å²) in [4.78, 5) is 9.40. The van der Waals surface area contributed by atoms with Gasteiger partial charge in [-0.1, -0.05) is 18.5 Å². The molecule has 138 valence electrons. The predicted octanol–water partition coefficient (Wildman–Crippen LogP) is 3.24. The smallest absolute Gasteiger partial charge is 0.180 e. The Morgan fingerprint density at radius 1 is 1.36 bits per heavy atom. The lowest BCUT2D eigenvalue weighted by Gasteiger charge is -2.22. The van der Waals surface area contributed by atoms with Gasteiger partial charge in [0.25, 0.3) is 0 Å². The van der Waals surface area contributed by atoms with E-state index < -0.39 is 0 Å². The molecule has 0 amide bonds. The van der Waals surface area contributed by atoms with Crippen molar-refractivity contribution in [2.24, 2.45) is 0 Å². The van der Waals surface area contributed by atoms with Crippen molar-refractivity contribution in [3.63, 3.8) is 0 Å². The van der Waals surface area contributed by atoms with Crippen molar-refractivity contribution in [1.29, 1.82) is 0 Å². The molecule has 0 saturated carbocycles. The largest absolute Gasteiger partial charge is 0.493 e. The summed E-state index contributed by atoms with van der Waals surface area (Å²) in [6, 6.07) is 3.81. The Morgan fingerprint density at radius 2 is 2.16 bits per heavy atom. The van der Waals surface area contributed by atoms with Gasteiger partial charge in [0.1, 0.15) is 5.82 Å². The number of imidazole rings is 1. The van der Waals surface area contributed by atoms with Gasteiger partial charge in [-0.05, 0) is 31.0 Å². The SMILES string of the molecule is CCC(C)Oc1c(Cl)cc(CN(CCO)Cc2ncc[nH]2)cc1OC. The second-order valence-corrected chi connectivity index (χ2v) is 6.32. The van der Waals surface area contributed by atoms with E-state index in [4.69, 9.17) is 21.1 Å². The van der Waals surface area contributed by atoms with Gasteiger partial charge in [-0.3, -0.25) is 4.90 Å². The number of ether oxygens (including phenoxy) is 2. The van der Waals surface area contributed by atoms with Gasteiger partial charge in [0.05, 0.1) is 31.4 Å². The first-order chi connectivity index (χ1) is 12.1. The lowest BCUT2D eigenvalue weighted by atomic mass is 10.1. The molecule has 0 aliphatic heterocycles. The average molecular weight is 368 g/mol. The van der Waals surface area contributed by atoms with Crippen molar-refractivity contribution in [3.05, 3.63) is 40.9 Å². The minimum atomic E-state index is 0.0575. The molecular formula is C18H26ClN3O3. The van der Waals surface area contributed by atoms with Gasteiger partial charge in [0, 0.05) is 25.5 Å². The summed E-state index contributed by atoms with van der Waals surface area (Å²) in [5.41, 5.74) is 0.985. The van der Waals surface area contributed by atoms with Crippen LogP contribution < -0.4 is 9.47 Å². The van der Waals surface area contributed by atoms with Crippen LogP contribution in [0.1, 0.15) is 31.7 Å². The highest BCUT2D eigenvalue weighted by Crippen LogP contribution is 2.37. The maximum Gasteiger partial charge on any atom is 0.180 e. The van der Waals surface area contributed by atoms with Gasteiger partial charge in [-0.2, -0.15) is 0 Å². The van der Waals surface area contributed by atoms with Crippen molar-refractivity contribution < 1.29 is 14.6 Å². The van der Waals surface area contributed by atoms with E-state index >= 15 is 0 Å². The molecule has 0 bridgehead atoms. The Hall–Kier alpha value is -1.76. The molecule has 25 heavy (non-hydrogen) atoms. The molecule has 1 atom stereocenters. The maximum absolute atomic E-state index is 9.33. The van der Waals surface area contributed by atoms with Crippen LogP contribution in [0, 0.1) is 0 Å². The molecule has 6 nitrogen and oxygen atoms in total. The molecular weight excluding hydrogens is 342 g/mol. The Morgan fingerprint density at radius 3 is 2.76 bits per heavy atom. The van der Waals surface area contributed by atoms with Crippen molar-refractivity contribution in [2.45, 2.75) is 39.5 Å². The monoisotopic (exact) mass is 367 g/mol. The number of nitrogens with one attached hydrogen (secondary N) is 1. The summed E-state index contributed by atoms with van der Waals surface area (Å²) in [5.74, 6) is 2.04. The predicted molar refractivity (Wildman–Crippen MR) is 98.2 cm³/mol. The molecule has 2 aromatic rings. The first-order valence-corrected chi connectivity index (χ1v) is 8.79. The van der Waals surface area contributed by atoms with Crippen LogP contribution in [-0.4, -0.2) is 46.3 Å². The lowest BCUT2D eigenvalue weighted by Crippen LogP contribution is -2.26. The number of H-pyrrole nitrogens is 1.